The zero-order valence-electron chi connectivity index (χ0n) is 11.3. The Labute approximate surface area is 120 Å². The number of halogens is 4. The Balaban J connectivity index is 2.15. The van der Waals surface area contributed by atoms with Crippen molar-refractivity contribution >= 4 is 17.4 Å². The summed E-state index contributed by atoms with van der Waals surface area (Å²) in [6.07, 6.45) is -1.52. The minimum atomic E-state index is -4.52. The molecule has 2 unspecified atom stereocenters. The van der Waals surface area contributed by atoms with Crippen LogP contribution >= 0.6 is 11.6 Å². The molecule has 0 amide bonds. The van der Waals surface area contributed by atoms with Crippen molar-refractivity contribution in [1.82, 2.24) is 9.97 Å². The summed E-state index contributed by atoms with van der Waals surface area (Å²) >= 11 is 5.57. The number of anilines is 1. The largest absolute Gasteiger partial charge is 0.433 e. The van der Waals surface area contributed by atoms with Crippen LogP contribution in [0.4, 0.5) is 19.0 Å². The first-order valence-electron chi connectivity index (χ1n) is 6.62. The molecule has 1 aliphatic rings. The lowest BCUT2D eigenvalue weighted by Gasteiger charge is -2.32. The Morgan fingerprint density at radius 3 is 2.30 bits per heavy atom. The zero-order chi connectivity index (χ0) is 14.9. The molecule has 1 saturated carbocycles. The van der Waals surface area contributed by atoms with E-state index < -0.39 is 11.9 Å². The summed E-state index contributed by atoms with van der Waals surface area (Å²) in [5.41, 5.74) is -1.02. The van der Waals surface area contributed by atoms with Gasteiger partial charge in [-0.2, -0.15) is 13.2 Å². The highest BCUT2D eigenvalue weighted by Crippen LogP contribution is 2.32. The van der Waals surface area contributed by atoms with Crippen LogP contribution in [-0.4, -0.2) is 16.0 Å². The van der Waals surface area contributed by atoms with Crippen LogP contribution in [0.3, 0.4) is 0 Å². The highest BCUT2D eigenvalue weighted by molar-refractivity contribution is 6.28. The van der Waals surface area contributed by atoms with Gasteiger partial charge < -0.3 is 5.32 Å². The third-order valence-electron chi connectivity index (χ3n) is 3.52. The smallest absolute Gasteiger partial charge is 0.367 e. The fourth-order valence-corrected chi connectivity index (χ4v) is 3.09. The number of hydrogen-bond donors (Lipinski definition) is 1. The van der Waals surface area contributed by atoms with Gasteiger partial charge in [0.1, 0.15) is 5.82 Å². The van der Waals surface area contributed by atoms with Crippen LogP contribution in [0.25, 0.3) is 0 Å². The van der Waals surface area contributed by atoms with Gasteiger partial charge in [0.2, 0.25) is 5.28 Å². The summed E-state index contributed by atoms with van der Waals surface area (Å²) in [5, 5.41) is 2.67. The van der Waals surface area contributed by atoms with E-state index in [2.05, 4.69) is 29.1 Å². The second kappa shape index (κ2) is 5.76. The molecule has 0 bridgehead atoms. The minimum Gasteiger partial charge on any atom is -0.367 e. The molecule has 1 N–H and O–H groups in total. The molecule has 2 rings (SSSR count). The molecule has 20 heavy (non-hydrogen) atoms. The van der Waals surface area contributed by atoms with Gasteiger partial charge in [0.05, 0.1) is 0 Å². The van der Waals surface area contributed by atoms with E-state index in [9.17, 15) is 13.2 Å². The number of nitrogens with one attached hydrogen (secondary N) is 1. The first-order chi connectivity index (χ1) is 9.24. The molecule has 0 aromatic carbocycles. The highest BCUT2D eigenvalue weighted by Gasteiger charge is 2.34. The normalized spacial score (nSPS) is 27.4. The summed E-state index contributed by atoms with van der Waals surface area (Å²) in [5.74, 6) is 1.25. The van der Waals surface area contributed by atoms with Crippen molar-refractivity contribution in [2.75, 3.05) is 5.32 Å². The van der Waals surface area contributed by atoms with Gasteiger partial charge in [0, 0.05) is 12.1 Å². The number of nitrogens with zero attached hydrogens (tertiary/aromatic N) is 2. The van der Waals surface area contributed by atoms with Crippen LogP contribution in [0.5, 0.6) is 0 Å². The summed E-state index contributed by atoms with van der Waals surface area (Å²) in [4.78, 5) is 7.05. The van der Waals surface area contributed by atoms with E-state index in [1.165, 1.54) is 0 Å². The topological polar surface area (TPSA) is 37.8 Å². The van der Waals surface area contributed by atoms with Crippen LogP contribution < -0.4 is 5.32 Å². The van der Waals surface area contributed by atoms with Crippen LogP contribution in [0.1, 0.15) is 38.8 Å². The quantitative estimate of drug-likeness (QED) is 0.824. The minimum absolute atomic E-state index is 0.126. The molecule has 3 nitrogen and oxygen atoms in total. The van der Waals surface area contributed by atoms with Gasteiger partial charge in [-0.1, -0.05) is 13.8 Å². The highest BCUT2D eigenvalue weighted by atomic mass is 35.5. The average Bonchev–Trinajstić information content (AvgIpc) is 2.25. The number of hydrogen-bond acceptors (Lipinski definition) is 3. The van der Waals surface area contributed by atoms with E-state index >= 15 is 0 Å². The van der Waals surface area contributed by atoms with Gasteiger partial charge in [-0.15, -0.1) is 0 Å². The van der Waals surface area contributed by atoms with Gasteiger partial charge in [0.25, 0.3) is 0 Å². The third-order valence-corrected chi connectivity index (χ3v) is 3.69. The Hall–Kier alpha value is -1.04. The second-order valence-electron chi connectivity index (χ2n) is 5.66. The maximum atomic E-state index is 12.7. The van der Waals surface area contributed by atoms with Crippen LogP contribution in [-0.2, 0) is 6.18 Å². The number of alkyl halides is 3. The molecule has 1 fully saturated rings. The Morgan fingerprint density at radius 2 is 1.75 bits per heavy atom. The van der Waals surface area contributed by atoms with Crippen molar-refractivity contribution in [3.05, 3.63) is 17.0 Å². The number of aromatic nitrogens is 2. The molecule has 1 aliphatic carbocycles. The first-order valence-corrected chi connectivity index (χ1v) is 7.00. The van der Waals surface area contributed by atoms with E-state index in [1.807, 2.05) is 0 Å². The lowest BCUT2D eigenvalue weighted by Crippen LogP contribution is -2.30. The Kier molecular flexibility index (Phi) is 4.42. The van der Waals surface area contributed by atoms with E-state index in [1.54, 1.807) is 0 Å². The molecule has 7 heteroatoms. The van der Waals surface area contributed by atoms with Gasteiger partial charge in [-0.3, -0.25) is 0 Å². The summed E-state index contributed by atoms with van der Waals surface area (Å²) in [7, 11) is 0. The lowest BCUT2D eigenvalue weighted by atomic mass is 9.80. The van der Waals surface area contributed by atoms with Crippen molar-refractivity contribution in [3.63, 3.8) is 0 Å². The monoisotopic (exact) mass is 307 g/mol. The molecule has 1 aromatic rings. The van der Waals surface area contributed by atoms with Crippen LogP contribution in [0.15, 0.2) is 6.07 Å². The fraction of sp³-hybridized carbons (Fsp3) is 0.692. The fourth-order valence-electron chi connectivity index (χ4n) is 2.91. The van der Waals surface area contributed by atoms with E-state index in [0.29, 0.717) is 11.8 Å². The summed E-state index contributed by atoms with van der Waals surface area (Å²) < 4.78 is 38.0. The zero-order valence-corrected chi connectivity index (χ0v) is 12.1. The third kappa shape index (κ3) is 3.98. The molecule has 0 spiro atoms. The van der Waals surface area contributed by atoms with Crippen molar-refractivity contribution in [1.29, 1.82) is 0 Å². The first kappa shape index (κ1) is 15.4. The molecular formula is C13H17ClF3N3. The molecule has 1 heterocycles. The van der Waals surface area contributed by atoms with E-state index in [-0.39, 0.29) is 17.1 Å². The van der Waals surface area contributed by atoms with E-state index in [4.69, 9.17) is 11.6 Å². The molecule has 0 aliphatic heterocycles. The summed E-state index contributed by atoms with van der Waals surface area (Å²) in [6, 6.07) is 1.04. The second-order valence-corrected chi connectivity index (χ2v) is 6.00. The molecule has 0 saturated heterocycles. The van der Waals surface area contributed by atoms with Gasteiger partial charge >= 0.3 is 6.18 Å². The molecule has 0 radical (unpaired) electrons. The van der Waals surface area contributed by atoms with Gasteiger partial charge in [0.15, 0.2) is 5.69 Å². The van der Waals surface area contributed by atoms with Crippen molar-refractivity contribution < 1.29 is 13.2 Å². The lowest BCUT2D eigenvalue weighted by molar-refractivity contribution is -0.141. The SMILES string of the molecule is CC1CC(C)CC(Nc2cc(C(F)(F)F)nc(Cl)n2)C1. The van der Waals surface area contributed by atoms with Crippen molar-refractivity contribution in [3.8, 4) is 0 Å². The number of rotatable bonds is 2. The van der Waals surface area contributed by atoms with E-state index in [0.717, 1.165) is 25.3 Å². The molecular weight excluding hydrogens is 291 g/mol. The van der Waals surface area contributed by atoms with Gasteiger partial charge in [-0.05, 0) is 42.7 Å². The van der Waals surface area contributed by atoms with Gasteiger partial charge in [-0.25, -0.2) is 9.97 Å². The van der Waals surface area contributed by atoms with Crippen LogP contribution in [0, 0.1) is 11.8 Å². The standard InChI is InChI=1S/C13H17ClF3N3/c1-7-3-8(2)5-9(4-7)18-11-6-10(13(15,16)17)19-12(14)20-11/h6-9H,3-5H2,1-2H3,(H,18,19,20). The molecule has 1 aromatic heterocycles. The van der Waals surface area contributed by atoms with Crippen molar-refractivity contribution in [2.24, 2.45) is 11.8 Å². The Morgan fingerprint density at radius 1 is 1.15 bits per heavy atom. The molecule has 2 atom stereocenters. The van der Waals surface area contributed by atoms with Crippen molar-refractivity contribution in [2.45, 2.75) is 45.3 Å². The average molecular weight is 308 g/mol. The maximum Gasteiger partial charge on any atom is 0.433 e. The predicted octanol–water partition coefficient (Wildman–Crippen LogP) is 4.39. The summed E-state index contributed by atoms with van der Waals surface area (Å²) in [6.45, 7) is 4.30. The maximum absolute atomic E-state index is 12.7. The predicted molar refractivity (Wildman–Crippen MR) is 71.6 cm³/mol. The molecule has 112 valence electrons. The van der Waals surface area contributed by atoms with Crippen LogP contribution in [0.2, 0.25) is 5.28 Å². The Bertz CT molecular complexity index is 468.